The highest BCUT2D eigenvalue weighted by molar-refractivity contribution is 9.10. The highest BCUT2D eigenvalue weighted by Gasteiger charge is 2.40. The number of benzene rings is 2. The number of nitrogens with zero attached hydrogens (tertiary/aromatic N) is 2. The van der Waals surface area contributed by atoms with Gasteiger partial charge in [0.2, 0.25) is 11.8 Å². The van der Waals surface area contributed by atoms with E-state index in [9.17, 15) is 22.8 Å². The molecule has 35 heavy (non-hydrogen) atoms. The Morgan fingerprint density at radius 3 is 2.49 bits per heavy atom. The van der Waals surface area contributed by atoms with Crippen molar-refractivity contribution >= 4 is 43.7 Å². The first-order valence-corrected chi connectivity index (χ1v) is 13.8. The van der Waals surface area contributed by atoms with E-state index in [1.807, 2.05) is 38.1 Å². The molecule has 10 heteroatoms. The Morgan fingerprint density at radius 1 is 1.11 bits per heavy atom. The van der Waals surface area contributed by atoms with Gasteiger partial charge < -0.3 is 10.2 Å². The van der Waals surface area contributed by atoms with Crippen LogP contribution >= 0.6 is 15.9 Å². The summed E-state index contributed by atoms with van der Waals surface area (Å²) in [7, 11) is -3.92. The summed E-state index contributed by atoms with van der Waals surface area (Å²) in [6.45, 7) is 5.65. The molecule has 0 radical (unpaired) electrons. The van der Waals surface area contributed by atoms with Gasteiger partial charge in [-0.25, -0.2) is 12.7 Å². The van der Waals surface area contributed by atoms with Crippen LogP contribution in [0.1, 0.15) is 56.0 Å². The summed E-state index contributed by atoms with van der Waals surface area (Å²) < 4.78 is 27.2. The summed E-state index contributed by atoms with van der Waals surface area (Å²) in [5.74, 6) is -1.13. The summed E-state index contributed by atoms with van der Waals surface area (Å²) in [5.41, 5.74) is 0.995. The summed E-state index contributed by atoms with van der Waals surface area (Å²) in [6.07, 6.45) is 0.899. The third kappa shape index (κ3) is 6.10. The van der Waals surface area contributed by atoms with Gasteiger partial charge >= 0.3 is 0 Å². The van der Waals surface area contributed by atoms with Crippen LogP contribution in [0.15, 0.2) is 57.9 Å². The summed E-state index contributed by atoms with van der Waals surface area (Å²) in [6, 6.07) is 12.8. The minimum Gasteiger partial charge on any atom is -0.352 e. The normalized spacial score (nSPS) is 15.9. The fourth-order valence-corrected chi connectivity index (χ4v) is 5.90. The summed E-state index contributed by atoms with van der Waals surface area (Å²) in [4.78, 5) is 40.2. The van der Waals surface area contributed by atoms with Crippen molar-refractivity contribution in [2.24, 2.45) is 0 Å². The van der Waals surface area contributed by atoms with Crippen molar-refractivity contribution in [3.05, 3.63) is 64.1 Å². The van der Waals surface area contributed by atoms with Crippen LogP contribution in [0.4, 0.5) is 0 Å². The molecular weight excluding hydrogens is 534 g/mol. The molecule has 0 bridgehead atoms. The largest absolute Gasteiger partial charge is 0.352 e. The molecule has 2 atom stereocenters. The molecule has 2 aromatic rings. The predicted octanol–water partition coefficient (Wildman–Crippen LogP) is 3.71. The Labute approximate surface area is 214 Å². The molecule has 3 amide bonds. The number of sulfonamides is 1. The lowest BCUT2D eigenvalue weighted by atomic mass is 10.1. The molecular formula is C25H30BrN3O5S. The zero-order valence-corrected chi connectivity index (χ0v) is 22.4. The van der Waals surface area contributed by atoms with Crippen LogP contribution in [-0.2, 0) is 26.2 Å². The van der Waals surface area contributed by atoms with E-state index < -0.39 is 22.0 Å². The Hall–Kier alpha value is -2.72. The molecule has 2 aromatic carbocycles. The van der Waals surface area contributed by atoms with Gasteiger partial charge in [0.25, 0.3) is 15.9 Å². The molecule has 1 aliphatic heterocycles. The predicted molar refractivity (Wildman–Crippen MR) is 136 cm³/mol. The van der Waals surface area contributed by atoms with Crippen molar-refractivity contribution in [2.45, 2.75) is 63.6 Å². The van der Waals surface area contributed by atoms with Crippen LogP contribution in [0.5, 0.6) is 0 Å². The number of nitrogens with one attached hydrogen (secondary N) is 1. The van der Waals surface area contributed by atoms with E-state index in [2.05, 4.69) is 21.2 Å². The van der Waals surface area contributed by atoms with Crippen LogP contribution in [-0.4, -0.2) is 54.0 Å². The van der Waals surface area contributed by atoms with Gasteiger partial charge in [0.15, 0.2) is 0 Å². The lowest BCUT2D eigenvalue weighted by molar-refractivity contribution is -0.141. The van der Waals surface area contributed by atoms with E-state index >= 15 is 0 Å². The van der Waals surface area contributed by atoms with E-state index in [-0.39, 0.29) is 54.2 Å². The van der Waals surface area contributed by atoms with Gasteiger partial charge in [0.05, 0.1) is 5.56 Å². The molecule has 1 heterocycles. The second-order valence-electron chi connectivity index (χ2n) is 8.63. The quantitative estimate of drug-likeness (QED) is 0.474. The third-order valence-electron chi connectivity index (χ3n) is 6.07. The Balaban J connectivity index is 1.71. The van der Waals surface area contributed by atoms with E-state index in [1.54, 1.807) is 19.1 Å². The maximum atomic E-state index is 13.2. The standard InChI is InChI=1S/C25H30BrN3O5S/c1-4-17(2)27-24(31)18(3)28(16-19-9-7-10-20(26)15-19)23(30)13-8-14-29-25(32)21-11-5-6-12-22(21)35(29,33)34/h5-7,9-12,15,17-18H,4,8,13-14,16H2,1-3H3,(H,27,31)/t17-,18+/m0/s1. The Bertz CT molecular complexity index is 1220. The zero-order valence-electron chi connectivity index (χ0n) is 20.0. The maximum absolute atomic E-state index is 13.2. The Kier molecular flexibility index (Phi) is 8.71. The lowest BCUT2D eigenvalue weighted by Crippen LogP contribution is -2.49. The van der Waals surface area contributed by atoms with Gasteiger partial charge in [0, 0.05) is 30.0 Å². The number of halogens is 1. The van der Waals surface area contributed by atoms with Crippen molar-refractivity contribution < 1.29 is 22.8 Å². The second kappa shape index (κ2) is 11.3. The van der Waals surface area contributed by atoms with Gasteiger partial charge in [0.1, 0.15) is 10.9 Å². The number of carbonyl (C=O) groups is 3. The number of hydrogen-bond donors (Lipinski definition) is 1. The van der Waals surface area contributed by atoms with Crippen LogP contribution in [0.25, 0.3) is 0 Å². The molecule has 0 aromatic heterocycles. The Morgan fingerprint density at radius 2 is 1.83 bits per heavy atom. The molecule has 0 aliphatic carbocycles. The molecule has 0 fully saturated rings. The number of hydrogen-bond acceptors (Lipinski definition) is 5. The average molecular weight is 565 g/mol. The highest BCUT2D eigenvalue weighted by Crippen LogP contribution is 2.30. The van der Waals surface area contributed by atoms with Crippen molar-refractivity contribution in [2.75, 3.05) is 6.54 Å². The fraction of sp³-hybridized carbons (Fsp3) is 0.400. The van der Waals surface area contributed by atoms with Crippen LogP contribution in [0, 0.1) is 0 Å². The first kappa shape index (κ1) is 26.9. The van der Waals surface area contributed by atoms with Crippen LogP contribution in [0.2, 0.25) is 0 Å². The molecule has 1 aliphatic rings. The SMILES string of the molecule is CC[C@H](C)NC(=O)[C@@H](C)N(Cc1cccc(Br)c1)C(=O)CCCN1C(=O)c2ccccc2S1(=O)=O. The topological polar surface area (TPSA) is 104 Å². The first-order chi connectivity index (χ1) is 16.6. The van der Waals surface area contributed by atoms with E-state index in [4.69, 9.17) is 0 Å². The minimum absolute atomic E-state index is 0.00933. The average Bonchev–Trinajstić information content (AvgIpc) is 3.02. The maximum Gasteiger partial charge on any atom is 0.269 e. The minimum atomic E-state index is -3.92. The smallest absolute Gasteiger partial charge is 0.269 e. The van der Waals surface area contributed by atoms with Gasteiger partial charge in [-0.05, 0) is 56.5 Å². The second-order valence-corrected chi connectivity index (χ2v) is 11.4. The molecule has 0 unspecified atom stereocenters. The van der Waals surface area contributed by atoms with Crippen molar-refractivity contribution in [1.82, 2.24) is 14.5 Å². The number of rotatable bonds is 10. The molecule has 0 saturated heterocycles. The first-order valence-electron chi connectivity index (χ1n) is 11.6. The van der Waals surface area contributed by atoms with Gasteiger partial charge in [-0.15, -0.1) is 0 Å². The lowest BCUT2D eigenvalue weighted by Gasteiger charge is -2.30. The van der Waals surface area contributed by atoms with Crippen molar-refractivity contribution in [1.29, 1.82) is 0 Å². The zero-order chi connectivity index (χ0) is 25.8. The van der Waals surface area contributed by atoms with Crippen LogP contribution < -0.4 is 5.32 Å². The van der Waals surface area contributed by atoms with Gasteiger partial charge in [-0.2, -0.15) is 0 Å². The summed E-state index contributed by atoms with van der Waals surface area (Å²) in [5, 5.41) is 2.92. The molecule has 0 spiro atoms. The molecule has 0 saturated carbocycles. The van der Waals surface area contributed by atoms with Crippen LogP contribution in [0.3, 0.4) is 0 Å². The molecule has 3 rings (SSSR count). The number of carbonyl (C=O) groups excluding carboxylic acids is 3. The van der Waals surface area contributed by atoms with Crippen molar-refractivity contribution in [3.8, 4) is 0 Å². The number of amides is 3. The van der Waals surface area contributed by atoms with Gasteiger partial charge in [-0.3, -0.25) is 14.4 Å². The number of fused-ring (bicyclic) bond motifs is 1. The van der Waals surface area contributed by atoms with Crippen molar-refractivity contribution in [3.63, 3.8) is 0 Å². The van der Waals surface area contributed by atoms with E-state index in [0.717, 1.165) is 20.8 Å². The highest BCUT2D eigenvalue weighted by atomic mass is 79.9. The van der Waals surface area contributed by atoms with Gasteiger partial charge in [-0.1, -0.05) is 47.1 Å². The molecule has 8 nitrogen and oxygen atoms in total. The third-order valence-corrected chi connectivity index (χ3v) is 8.41. The summed E-state index contributed by atoms with van der Waals surface area (Å²) >= 11 is 3.43. The van der Waals surface area contributed by atoms with E-state index in [0.29, 0.717) is 0 Å². The van der Waals surface area contributed by atoms with E-state index in [1.165, 1.54) is 17.0 Å². The monoisotopic (exact) mass is 563 g/mol. The molecule has 1 N–H and O–H groups in total. The fourth-order valence-electron chi connectivity index (χ4n) is 3.85. The molecule has 188 valence electrons.